The molecular weight excluding hydrogens is 342 g/mol. The van der Waals surface area contributed by atoms with Gasteiger partial charge in [0, 0.05) is 17.4 Å². The molecule has 0 saturated heterocycles. The van der Waals surface area contributed by atoms with Gasteiger partial charge in [0.05, 0.1) is 9.82 Å². The number of nitrogens with zero attached hydrogens (tertiary/aromatic N) is 3. The van der Waals surface area contributed by atoms with Gasteiger partial charge in [0.15, 0.2) is 5.69 Å². The average Bonchev–Trinajstić information content (AvgIpc) is 3.10. The number of hydrogen-bond acceptors (Lipinski definition) is 6. The zero-order valence-electron chi connectivity index (χ0n) is 12.9. The smallest absolute Gasteiger partial charge is 0.283 e. The van der Waals surface area contributed by atoms with E-state index in [0.29, 0.717) is 16.2 Å². The Morgan fingerprint density at radius 1 is 1.20 bits per heavy atom. The molecule has 0 saturated carbocycles. The Morgan fingerprint density at radius 2 is 1.96 bits per heavy atom. The van der Waals surface area contributed by atoms with Gasteiger partial charge in [-0.25, -0.2) is 0 Å². The Balaban J connectivity index is 1.92. The Morgan fingerprint density at radius 3 is 2.64 bits per heavy atom. The molecule has 0 aliphatic carbocycles. The Hall–Kier alpha value is -3.20. The maximum absolute atomic E-state index is 11.4. The highest BCUT2D eigenvalue weighted by Crippen LogP contribution is 2.35. The molecule has 3 rings (SSSR count). The summed E-state index contributed by atoms with van der Waals surface area (Å²) in [7, 11) is 0. The SMILES string of the molecule is NC(=O)c1n[nH]nc1-c1ccc(SCc2ccccc2)c([N+](=O)[O-])c1. The minimum Gasteiger partial charge on any atom is -0.364 e. The van der Waals surface area contributed by atoms with Crippen molar-refractivity contribution >= 4 is 23.4 Å². The minimum absolute atomic E-state index is 0.0565. The predicted molar refractivity (Wildman–Crippen MR) is 93.0 cm³/mol. The molecule has 0 radical (unpaired) electrons. The van der Waals surface area contributed by atoms with Crippen molar-refractivity contribution in [2.24, 2.45) is 5.73 Å². The molecule has 0 fully saturated rings. The third-order valence-corrected chi connectivity index (χ3v) is 4.58. The van der Waals surface area contributed by atoms with Crippen LogP contribution in [0.1, 0.15) is 16.1 Å². The van der Waals surface area contributed by atoms with Crippen LogP contribution in [0.15, 0.2) is 53.4 Å². The van der Waals surface area contributed by atoms with Crippen LogP contribution in [-0.2, 0) is 5.75 Å². The molecule has 1 amide bonds. The lowest BCUT2D eigenvalue weighted by Crippen LogP contribution is -2.12. The number of thioether (sulfide) groups is 1. The molecule has 25 heavy (non-hydrogen) atoms. The molecule has 0 atom stereocenters. The molecule has 126 valence electrons. The van der Waals surface area contributed by atoms with Gasteiger partial charge < -0.3 is 5.73 Å². The first-order valence-electron chi connectivity index (χ1n) is 7.22. The highest BCUT2D eigenvalue weighted by molar-refractivity contribution is 7.98. The van der Waals surface area contributed by atoms with Crippen LogP contribution in [0.25, 0.3) is 11.3 Å². The molecule has 0 spiro atoms. The van der Waals surface area contributed by atoms with Crippen LogP contribution in [0.5, 0.6) is 0 Å². The van der Waals surface area contributed by atoms with Gasteiger partial charge in [-0.2, -0.15) is 15.4 Å². The van der Waals surface area contributed by atoms with Crippen molar-refractivity contribution < 1.29 is 9.72 Å². The number of aromatic amines is 1. The van der Waals surface area contributed by atoms with Crippen molar-refractivity contribution in [2.75, 3.05) is 0 Å². The van der Waals surface area contributed by atoms with Crippen molar-refractivity contribution in [3.8, 4) is 11.3 Å². The molecule has 3 aromatic rings. The molecule has 0 aliphatic rings. The van der Waals surface area contributed by atoms with E-state index in [4.69, 9.17) is 5.73 Å². The number of rotatable bonds is 6. The summed E-state index contributed by atoms with van der Waals surface area (Å²) in [6.45, 7) is 0. The van der Waals surface area contributed by atoms with Gasteiger partial charge in [-0.15, -0.1) is 11.8 Å². The molecule has 8 nitrogen and oxygen atoms in total. The number of carbonyl (C=O) groups excluding carboxylic acids is 1. The summed E-state index contributed by atoms with van der Waals surface area (Å²) in [6, 6.07) is 14.3. The highest BCUT2D eigenvalue weighted by atomic mass is 32.2. The number of hydrogen-bond donors (Lipinski definition) is 2. The zero-order valence-corrected chi connectivity index (χ0v) is 13.7. The van der Waals surface area contributed by atoms with E-state index in [1.54, 1.807) is 12.1 Å². The fourth-order valence-corrected chi connectivity index (χ4v) is 3.23. The summed E-state index contributed by atoms with van der Waals surface area (Å²) in [5.41, 5.74) is 6.78. The second-order valence-corrected chi connectivity index (χ2v) is 6.12. The molecule has 1 aromatic heterocycles. The average molecular weight is 355 g/mol. The van der Waals surface area contributed by atoms with Crippen LogP contribution in [-0.4, -0.2) is 26.2 Å². The van der Waals surface area contributed by atoms with Crippen LogP contribution in [0.2, 0.25) is 0 Å². The van der Waals surface area contributed by atoms with E-state index in [9.17, 15) is 14.9 Å². The first kappa shape index (κ1) is 16.7. The summed E-state index contributed by atoms with van der Waals surface area (Å²) < 4.78 is 0. The maximum Gasteiger partial charge on any atom is 0.283 e. The van der Waals surface area contributed by atoms with Gasteiger partial charge in [0.25, 0.3) is 11.6 Å². The number of nitrogens with one attached hydrogen (secondary N) is 1. The van der Waals surface area contributed by atoms with Crippen molar-refractivity contribution in [1.29, 1.82) is 0 Å². The highest BCUT2D eigenvalue weighted by Gasteiger charge is 2.20. The van der Waals surface area contributed by atoms with Crippen molar-refractivity contribution in [1.82, 2.24) is 15.4 Å². The fraction of sp³-hybridized carbons (Fsp3) is 0.0625. The van der Waals surface area contributed by atoms with Crippen molar-refractivity contribution in [2.45, 2.75) is 10.6 Å². The Kier molecular flexibility index (Phi) is 4.75. The fourth-order valence-electron chi connectivity index (χ4n) is 2.27. The molecule has 0 bridgehead atoms. The minimum atomic E-state index is -0.756. The van der Waals surface area contributed by atoms with E-state index in [1.165, 1.54) is 17.8 Å². The van der Waals surface area contributed by atoms with E-state index in [2.05, 4.69) is 15.4 Å². The summed E-state index contributed by atoms with van der Waals surface area (Å²) in [5.74, 6) is -0.147. The number of H-pyrrole nitrogens is 1. The molecular formula is C16H13N5O3S. The van der Waals surface area contributed by atoms with Gasteiger partial charge in [-0.3, -0.25) is 14.9 Å². The number of aromatic nitrogens is 3. The number of nitro groups is 1. The number of amides is 1. The first-order valence-corrected chi connectivity index (χ1v) is 8.21. The van der Waals surface area contributed by atoms with E-state index in [1.807, 2.05) is 30.3 Å². The quantitative estimate of drug-likeness (QED) is 0.397. The summed E-state index contributed by atoms with van der Waals surface area (Å²) in [6.07, 6.45) is 0. The normalized spacial score (nSPS) is 10.6. The van der Waals surface area contributed by atoms with E-state index < -0.39 is 10.8 Å². The molecule has 0 unspecified atom stereocenters. The lowest BCUT2D eigenvalue weighted by Gasteiger charge is -2.05. The first-order chi connectivity index (χ1) is 12.1. The number of nitro benzene ring substituents is 1. The summed E-state index contributed by atoms with van der Waals surface area (Å²) in [4.78, 5) is 22.9. The molecule has 0 aliphatic heterocycles. The van der Waals surface area contributed by atoms with Crippen LogP contribution in [0.3, 0.4) is 0 Å². The Labute approximate surface area is 146 Å². The molecule has 2 aromatic carbocycles. The van der Waals surface area contributed by atoms with Crippen LogP contribution < -0.4 is 5.73 Å². The lowest BCUT2D eigenvalue weighted by molar-refractivity contribution is -0.387. The van der Waals surface area contributed by atoms with Gasteiger partial charge in [-0.1, -0.05) is 36.4 Å². The van der Waals surface area contributed by atoms with Crippen LogP contribution in [0.4, 0.5) is 5.69 Å². The maximum atomic E-state index is 11.4. The Bertz CT molecular complexity index is 927. The summed E-state index contributed by atoms with van der Waals surface area (Å²) >= 11 is 1.37. The lowest BCUT2D eigenvalue weighted by atomic mass is 10.1. The van der Waals surface area contributed by atoms with Gasteiger partial charge >= 0.3 is 0 Å². The second-order valence-electron chi connectivity index (χ2n) is 5.10. The van der Waals surface area contributed by atoms with Gasteiger partial charge in [-0.05, 0) is 11.6 Å². The summed E-state index contributed by atoms with van der Waals surface area (Å²) in [5, 5.41) is 21.3. The number of nitrogens with two attached hydrogens (primary N) is 1. The third kappa shape index (κ3) is 3.66. The monoisotopic (exact) mass is 355 g/mol. The van der Waals surface area contributed by atoms with Crippen molar-refractivity contribution in [3.63, 3.8) is 0 Å². The third-order valence-electron chi connectivity index (χ3n) is 3.45. The number of primary amides is 1. The van der Waals surface area contributed by atoms with E-state index >= 15 is 0 Å². The van der Waals surface area contributed by atoms with Crippen LogP contribution >= 0.6 is 11.8 Å². The second kappa shape index (κ2) is 7.14. The standard InChI is InChI=1S/C16H13N5O3S/c17-16(22)15-14(18-20-19-15)11-6-7-13(12(8-11)21(23)24)25-9-10-4-2-1-3-5-10/h1-8H,9H2,(H2,17,22)(H,18,19,20). The van der Waals surface area contributed by atoms with Gasteiger partial charge in [0.1, 0.15) is 5.69 Å². The van der Waals surface area contributed by atoms with Gasteiger partial charge in [0.2, 0.25) is 0 Å². The van der Waals surface area contributed by atoms with E-state index in [-0.39, 0.29) is 17.1 Å². The largest absolute Gasteiger partial charge is 0.364 e. The zero-order chi connectivity index (χ0) is 17.8. The van der Waals surface area contributed by atoms with Crippen LogP contribution in [0, 0.1) is 10.1 Å². The molecule has 9 heteroatoms. The number of carbonyl (C=O) groups is 1. The number of benzene rings is 2. The topological polar surface area (TPSA) is 128 Å². The van der Waals surface area contributed by atoms with E-state index in [0.717, 1.165) is 5.56 Å². The van der Waals surface area contributed by atoms with Crippen molar-refractivity contribution in [3.05, 3.63) is 69.9 Å². The molecule has 3 N–H and O–H groups in total. The predicted octanol–water partition coefficient (Wildman–Crippen LogP) is 2.77. The molecule has 1 heterocycles.